The van der Waals surface area contributed by atoms with Crippen LogP contribution in [-0.2, 0) is 20.9 Å². The van der Waals surface area contributed by atoms with Crippen LogP contribution in [0.15, 0.2) is 42.5 Å². The predicted octanol–water partition coefficient (Wildman–Crippen LogP) is 5.38. The van der Waals surface area contributed by atoms with E-state index in [2.05, 4.69) is 11.0 Å². The first-order chi connectivity index (χ1) is 17.8. The van der Waals surface area contributed by atoms with Crippen molar-refractivity contribution in [3.05, 3.63) is 64.2 Å². The Balaban J connectivity index is 1.48. The summed E-state index contributed by atoms with van der Waals surface area (Å²) in [5.74, 6) is 0.166. The van der Waals surface area contributed by atoms with Crippen LogP contribution >= 0.6 is 11.6 Å². The molecule has 1 N–H and O–H groups in total. The van der Waals surface area contributed by atoms with Gasteiger partial charge in [-0.25, -0.2) is 0 Å². The summed E-state index contributed by atoms with van der Waals surface area (Å²) in [6.07, 6.45) is 5.37. The number of carbonyl (C=O) groups excluding carboxylic acids is 2. The van der Waals surface area contributed by atoms with E-state index in [1.807, 2.05) is 43.3 Å². The van der Waals surface area contributed by atoms with Gasteiger partial charge in [0.05, 0.1) is 13.0 Å². The van der Waals surface area contributed by atoms with Crippen LogP contribution in [0.3, 0.4) is 0 Å². The van der Waals surface area contributed by atoms with Crippen LogP contribution in [0.5, 0.6) is 5.75 Å². The maximum atomic E-state index is 11.9. The third-order valence-electron chi connectivity index (χ3n) is 7.38. The molecular weight excluding hydrogens is 492 g/mol. The number of aryl methyl sites for hydroxylation is 1. The molecule has 0 bridgehead atoms. The standard InChI is InChI=1S/C29H35ClN2O5/c1-20-16-22(6-11-26(20)37-15-14-32-27(33)12-13-28(32)34)19-31(18-21-4-2-3-5-21)25(17-29(35)36)23-7-9-24(30)10-8-23/h6-11,16,21,25H,2-5,12-15,17-19H2,1H3,(H,35,36). The lowest BCUT2D eigenvalue weighted by atomic mass is 9.98. The average molecular weight is 527 g/mol. The lowest BCUT2D eigenvalue weighted by molar-refractivity contribution is -0.140. The number of imide groups is 1. The molecule has 8 heteroatoms. The number of halogens is 1. The van der Waals surface area contributed by atoms with E-state index < -0.39 is 5.97 Å². The molecule has 2 aromatic rings. The van der Waals surface area contributed by atoms with Crippen LogP contribution in [0.25, 0.3) is 0 Å². The molecule has 1 aliphatic heterocycles. The van der Waals surface area contributed by atoms with Gasteiger partial charge in [-0.1, -0.05) is 48.7 Å². The van der Waals surface area contributed by atoms with Crippen LogP contribution in [0.2, 0.25) is 5.02 Å². The van der Waals surface area contributed by atoms with E-state index in [-0.39, 0.29) is 50.3 Å². The Labute approximate surface area is 223 Å². The largest absolute Gasteiger partial charge is 0.491 e. The molecule has 1 saturated heterocycles. The van der Waals surface area contributed by atoms with E-state index in [1.165, 1.54) is 30.6 Å². The van der Waals surface area contributed by atoms with Crippen LogP contribution in [0.1, 0.15) is 67.7 Å². The Morgan fingerprint density at radius 2 is 1.78 bits per heavy atom. The molecule has 1 heterocycles. The molecule has 0 spiro atoms. The summed E-state index contributed by atoms with van der Waals surface area (Å²) >= 11 is 6.11. The first-order valence-electron chi connectivity index (χ1n) is 13.1. The normalized spacial score (nSPS) is 17.1. The van der Waals surface area contributed by atoms with E-state index in [1.54, 1.807) is 0 Å². The predicted molar refractivity (Wildman–Crippen MR) is 141 cm³/mol. The highest BCUT2D eigenvalue weighted by atomic mass is 35.5. The van der Waals surface area contributed by atoms with Crippen molar-refractivity contribution < 1.29 is 24.2 Å². The number of nitrogens with zero attached hydrogens (tertiary/aromatic N) is 2. The van der Waals surface area contributed by atoms with Crippen LogP contribution in [0.4, 0.5) is 0 Å². The third-order valence-corrected chi connectivity index (χ3v) is 7.64. The van der Waals surface area contributed by atoms with E-state index in [0.717, 1.165) is 23.2 Å². The lowest BCUT2D eigenvalue weighted by Crippen LogP contribution is -2.34. The number of aliphatic carboxylic acids is 1. The summed E-state index contributed by atoms with van der Waals surface area (Å²) in [6, 6.07) is 13.2. The van der Waals surface area contributed by atoms with Crippen molar-refractivity contribution >= 4 is 29.4 Å². The zero-order valence-electron chi connectivity index (χ0n) is 21.3. The summed E-state index contributed by atoms with van der Waals surface area (Å²) in [7, 11) is 0. The van der Waals surface area contributed by atoms with Crippen molar-refractivity contribution in [2.75, 3.05) is 19.7 Å². The van der Waals surface area contributed by atoms with Crippen LogP contribution < -0.4 is 4.74 Å². The Kier molecular flexibility index (Phi) is 9.22. The quantitative estimate of drug-likeness (QED) is 0.373. The smallest absolute Gasteiger partial charge is 0.305 e. The molecular formula is C29H35ClN2O5. The number of amides is 2. The average Bonchev–Trinajstić information content (AvgIpc) is 3.49. The van der Waals surface area contributed by atoms with Crippen molar-refractivity contribution in [1.29, 1.82) is 0 Å². The molecule has 0 aromatic heterocycles. The summed E-state index contributed by atoms with van der Waals surface area (Å²) in [5.41, 5.74) is 2.99. The van der Waals surface area contributed by atoms with Gasteiger partial charge in [-0.3, -0.25) is 24.2 Å². The molecule has 2 fully saturated rings. The highest BCUT2D eigenvalue weighted by Crippen LogP contribution is 2.33. The van der Waals surface area contributed by atoms with Crippen molar-refractivity contribution in [2.24, 2.45) is 5.92 Å². The minimum absolute atomic E-state index is 0.0163. The highest BCUT2D eigenvalue weighted by molar-refractivity contribution is 6.30. The maximum absolute atomic E-state index is 11.9. The van der Waals surface area contributed by atoms with Gasteiger partial charge in [0.2, 0.25) is 11.8 Å². The van der Waals surface area contributed by atoms with Gasteiger partial charge >= 0.3 is 5.97 Å². The Bertz CT molecular complexity index is 1100. The summed E-state index contributed by atoms with van der Waals surface area (Å²) < 4.78 is 5.89. The van der Waals surface area contributed by atoms with Crippen molar-refractivity contribution in [2.45, 2.75) is 64.5 Å². The van der Waals surface area contributed by atoms with E-state index in [9.17, 15) is 19.5 Å². The van der Waals surface area contributed by atoms with Crippen molar-refractivity contribution in [3.63, 3.8) is 0 Å². The first kappa shape index (κ1) is 27.1. The lowest BCUT2D eigenvalue weighted by Gasteiger charge is -2.33. The van der Waals surface area contributed by atoms with Gasteiger partial charge in [0.25, 0.3) is 0 Å². The number of carboxylic acid groups (broad SMARTS) is 1. The van der Waals surface area contributed by atoms with Gasteiger partial charge in [0, 0.05) is 37.0 Å². The van der Waals surface area contributed by atoms with Gasteiger partial charge in [-0.15, -0.1) is 0 Å². The second kappa shape index (κ2) is 12.6. The molecule has 2 amide bonds. The number of likely N-dealkylation sites (tertiary alicyclic amines) is 1. The molecule has 0 radical (unpaired) electrons. The molecule has 2 aromatic carbocycles. The molecule has 1 unspecified atom stereocenters. The topological polar surface area (TPSA) is 87.2 Å². The van der Waals surface area contributed by atoms with Crippen LogP contribution in [0, 0.1) is 12.8 Å². The SMILES string of the molecule is Cc1cc(CN(CC2CCCC2)C(CC(=O)O)c2ccc(Cl)cc2)ccc1OCCN1C(=O)CCC1=O. The van der Waals surface area contributed by atoms with Crippen molar-refractivity contribution in [1.82, 2.24) is 9.80 Å². The fourth-order valence-electron chi connectivity index (χ4n) is 5.46. The van der Waals surface area contributed by atoms with Gasteiger partial charge in [0.1, 0.15) is 12.4 Å². The summed E-state index contributed by atoms with van der Waals surface area (Å²) in [4.78, 5) is 39.0. The number of ether oxygens (including phenoxy) is 1. The molecule has 1 aliphatic carbocycles. The third kappa shape index (κ3) is 7.33. The fourth-order valence-corrected chi connectivity index (χ4v) is 5.59. The van der Waals surface area contributed by atoms with E-state index in [0.29, 0.717) is 23.2 Å². The Morgan fingerprint density at radius 1 is 1.11 bits per heavy atom. The Morgan fingerprint density at radius 3 is 2.41 bits per heavy atom. The number of hydrogen-bond donors (Lipinski definition) is 1. The zero-order valence-corrected chi connectivity index (χ0v) is 22.1. The minimum Gasteiger partial charge on any atom is -0.491 e. The number of carboxylic acids is 1. The number of benzene rings is 2. The van der Waals surface area contributed by atoms with Gasteiger partial charge < -0.3 is 9.84 Å². The minimum atomic E-state index is -0.828. The molecule has 4 rings (SSSR count). The zero-order chi connectivity index (χ0) is 26.4. The molecule has 2 aliphatic rings. The van der Waals surface area contributed by atoms with Crippen LogP contribution in [-0.4, -0.2) is 52.4 Å². The molecule has 1 saturated carbocycles. The molecule has 7 nitrogen and oxygen atoms in total. The monoisotopic (exact) mass is 526 g/mol. The van der Waals surface area contributed by atoms with Gasteiger partial charge in [0.15, 0.2) is 0 Å². The van der Waals surface area contributed by atoms with E-state index >= 15 is 0 Å². The van der Waals surface area contributed by atoms with E-state index in [4.69, 9.17) is 16.3 Å². The summed E-state index contributed by atoms with van der Waals surface area (Å²) in [6.45, 7) is 3.94. The first-order valence-corrected chi connectivity index (χ1v) is 13.4. The number of rotatable bonds is 12. The number of hydrogen-bond acceptors (Lipinski definition) is 5. The molecule has 198 valence electrons. The Hall–Kier alpha value is -2.90. The van der Waals surface area contributed by atoms with Gasteiger partial charge in [-0.2, -0.15) is 0 Å². The maximum Gasteiger partial charge on any atom is 0.305 e. The molecule has 37 heavy (non-hydrogen) atoms. The molecule has 1 atom stereocenters. The second-order valence-corrected chi connectivity index (χ2v) is 10.6. The van der Waals surface area contributed by atoms with Crippen molar-refractivity contribution in [3.8, 4) is 5.75 Å². The summed E-state index contributed by atoms with van der Waals surface area (Å²) in [5, 5.41) is 10.4. The number of carbonyl (C=O) groups is 3. The van der Waals surface area contributed by atoms with Gasteiger partial charge in [-0.05, 0) is 60.6 Å². The fraction of sp³-hybridized carbons (Fsp3) is 0.483. The highest BCUT2D eigenvalue weighted by Gasteiger charge is 2.29. The second-order valence-electron chi connectivity index (χ2n) is 10.1.